The van der Waals surface area contributed by atoms with Crippen molar-refractivity contribution in [2.75, 3.05) is 18.5 Å². The lowest BCUT2D eigenvalue weighted by Crippen LogP contribution is -2.39. The van der Waals surface area contributed by atoms with E-state index < -0.39 is 11.8 Å². The van der Waals surface area contributed by atoms with Gasteiger partial charge in [-0.2, -0.15) is 0 Å². The Hall–Kier alpha value is -2.04. The van der Waals surface area contributed by atoms with Crippen LogP contribution in [0.2, 0.25) is 0 Å². The van der Waals surface area contributed by atoms with Gasteiger partial charge < -0.3 is 15.4 Å². The summed E-state index contributed by atoms with van der Waals surface area (Å²) in [5, 5.41) is 5.22. The molecule has 1 saturated carbocycles. The number of amides is 2. The van der Waals surface area contributed by atoms with Crippen molar-refractivity contribution in [3.63, 3.8) is 0 Å². The minimum atomic E-state index is -0.631. The van der Waals surface area contributed by atoms with Gasteiger partial charge in [-0.3, -0.25) is 9.59 Å². The summed E-state index contributed by atoms with van der Waals surface area (Å²) in [6, 6.07) is 6.93. The minimum absolute atomic E-state index is 0.539. The number of rotatable bonds is 5. The summed E-state index contributed by atoms with van der Waals surface area (Å²) >= 11 is 0. The van der Waals surface area contributed by atoms with E-state index in [2.05, 4.69) is 10.6 Å². The lowest BCUT2D eigenvalue weighted by molar-refractivity contribution is -0.136. The first-order chi connectivity index (χ1) is 9.69. The lowest BCUT2D eigenvalue weighted by atomic mass is 9.85. The number of benzene rings is 1. The van der Waals surface area contributed by atoms with Crippen LogP contribution in [0.15, 0.2) is 24.3 Å². The molecule has 108 valence electrons. The van der Waals surface area contributed by atoms with Gasteiger partial charge in [-0.1, -0.05) is 6.42 Å². The van der Waals surface area contributed by atoms with Gasteiger partial charge in [0.25, 0.3) is 0 Å². The van der Waals surface area contributed by atoms with E-state index in [0.717, 1.165) is 18.6 Å². The second-order valence-electron chi connectivity index (χ2n) is 4.92. The van der Waals surface area contributed by atoms with Gasteiger partial charge >= 0.3 is 11.8 Å². The van der Waals surface area contributed by atoms with Crippen molar-refractivity contribution in [1.82, 2.24) is 5.32 Å². The third-order valence-corrected chi connectivity index (χ3v) is 3.41. The first-order valence-corrected chi connectivity index (χ1v) is 7.01. The Balaban J connectivity index is 1.78. The highest BCUT2D eigenvalue weighted by Crippen LogP contribution is 2.25. The molecule has 20 heavy (non-hydrogen) atoms. The minimum Gasteiger partial charge on any atom is -0.494 e. The highest BCUT2D eigenvalue weighted by Gasteiger charge is 2.20. The average Bonchev–Trinajstić information content (AvgIpc) is 2.39. The molecule has 0 spiro atoms. The molecule has 1 aromatic carbocycles. The monoisotopic (exact) mass is 276 g/mol. The SMILES string of the molecule is CCOc1ccc(NC(=O)C(=O)NCC2CCC2)cc1. The Morgan fingerprint density at radius 3 is 2.45 bits per heavy atom. The molecule has 2 N–H and O–H groups in total. The zero-order valence-corrected chi connectivity index (χ0v) is 11.6. The van der Waals surface area contributed by atoms with Crippen LogP contribution in [0.4, 0.5) is 5.69 Å². The average molecular weight is 276 g/mol. The first-order valence-electron chi connectivity index (χ1n) is 7.01. The van der Waals surface area contributed by atoms with Crippen molar-refractivity contribution >= 4 is 17.5 Å². The lowest BCUT2D eigenvalue weighted by Gasteiger charge is -2.25. The molecule has 5 nitrogen and oxygen atoms in total. The van der Waals surface area contributed by atoms with Crippen molar-refractivity contribution < 1.29 is 14.3 Å². The summed E-state index contributed by atoms with van der Waals surface area (Å²) in [6.45, 7) is 3.09. The molecule has 1 aromatic rings. The van der Waals surface area contributed by atoms with Crippen LogP contribution in [0.3, 0.4) is 0 Å². The van der Waals surface area contributed by atoms with Gasteiger partial charge in [0.05, 0.1) is 6.61 Å². The van der Waals surface area contributed by atoms with Gasteiger partial charge in [0.1, 0.15) is 5.75 Å². The third kappa shape index (κ3) is 3.98. The van der Waals surface area contributed by atoms with E-state index in [-0.39, 0.29) is 0 Å². The topological polar surface area (TPSA) is 67.4 Å². The molecular weight excluding hydrogens is 256 g/mol. The van der Waals surface area contributed by atoms with Gasteiger partial charge in [-0.05, 0) is 49.9 Å². The quantitative estimate of drug-likeness (QED) is 0.808. The van der Waals surface area contributed by atoms with Gasteiger partial charge in [0.2, 0.25) is 0 Å². The molecule has 2 amide bonds. The number of anilines is 1. The molecule has 0 unspecified atom stereocenters. The maximum atomic E-state index is 11.7. The van der Waals surface area contributed by atoms with Crippen LogP contribution in [-0.2, 0) is 9.59 Å². The van der Waals surface area contributed by atoms with E-state index in [1.54, 1.807) is 24.3 Å². The van der Waals surface area contributed by atoms with E-state index in [1.165, 1.54) is 6.42 Å². The number of ether oxygens (including phenoxy) is 1. The smallest absolute Gasteiger partial charge is 0.313 e. The normalized spacial score (nSPS) is 14.2. The molecule has 1 fully saturated rings. The maximum absolute atomic E-state index is 11.7. The Morgan fingerprint density at radius 1 is 1.20 bits per heavy atom. The van der Waals surface area contributed by atoms with Crippen molar-refractivity contribution in [3.05, 3.63) is 24.3 Å². The predicted molar refractivity (Wildman–Crippen MR) is 76.6 cm³/mol. The molecule has 0 atom stereocenters. The molecule has 0 saturated heterocycles. The number of hydrogen-bond donors (Lipinski definition) is 2. The summed E-state index contributed by atoms with van der Waals surface area (Å²) in [6.07, 6.45) is 3.50. The predicted octanol–water partition coefficient (Wildman–Crippen LogP) is 1.94. The second kappa shape index (κ2) is 6.93. The Morgan fingerprint density at radius 2 is 1.90 bits per heavy atom. The van der Waals surface area contributed by atoms with Crippen LogP contribution in [0.5, 0.6) is 5.75 Å². The number of nitrogens with one attached hydrogen (secondary N) is 2. The van der Waals surface area contributed by atoms with Crippen LogP contribution in [0.1, 0.15) is 26.2 Å². The molecule has 5 heteroatoms. The third-order valence-electron chi connectivity index (χ3n) is 3.41. The summed E-state index contributed by atoms with van der Waals surface area (Å²) < 4.78 is 5.30. The fraction of sp³-hybridized carbons (Fsp3) is 0.467. The fourth-order valence-electron chi connectivity index (χ4n) is 2.00. The molecule has 0 radical (unpaired) electrons. The molecule has 0 heterocycles. The van der Waals surface area contributed by atoms with Crippen molar-refractivity contribution in [1.29, 1.82) is 0 Å². The van der Waals surface area contributed by atoms with Gasteiger partial charge in [-0.15, -0.1) is 0 Å². The van der Waals surface area contributed by atoms with Crippen molar-refractivity contribution in [3.8, 4) is 5.75 Å². The number of carbonyl (C=O) groups excluding carboxylic acids is 2. The van der Waals surface area contributed by atoms with E-state index >= 15 is 0 Å². The van der Waals surface area contributed by atoms with E-state index in [9.17, 15) is 9.59 Å². The largest absolute Gasteiger partial charge is 0.494 e. The summed E-state index contributed by atoms with van der Waals surface area (Å²) in [5.74, 6) is 0.0661. The number of carbonyl (C=O) groups is 2. The highest BCUT2D eigenvalue weighted by molar-refractivity contribution is 6.39. The Bertz CT molecular complexity index is 467. The molecule has 2 rings (SSSR count). The highest BCUT2D eigenvalue weighted by atomic mass is 16.5. The fourth-order valence-corrected chi connectivity index (χ4v) is 2.00. The van der Waals surface area contributed by atoms with Gasteiger partial charge in [-0.25, -0.2) is 0 Å². The zero-order valence-electron chi connectivity index (χ0n) is 11.6. The summed E-state index contributed by atoms with van der Waals surface area (Å²) in [5.41, 5.74) is 0.581. The van der Waals surface area contributed by atoms with Crippen LogP contribution in [0, 0.1) is 5.92 Å². The number of hydrogen-bond acceptors (Lipinski definition) is 3. The van der Waals surface area contributed by atoms with Crippen molar-refractivity contribution in [2.24, 2.45) is 5.92 Å². The van der Waals surface area contributed by atoms with Crippen molar-refractivity contribution in [2.45, 2.75) is 26.2 Å². The van der Waals surface area contributed by atoms with Crippen LogP contribution in [-0.4, -0.2) is 25.0 Å². The molecule has 0 aliphatic heterocycles. The van der Waals surface area contributed by atoms with E-state index in [1.807, 2.05) is 6.92 Å². The molecular formula is C15H20N2O3. The maximum Gasteiger partial charge on any atom is 0.313 e. The molecule has 1 aliphatic rings. The summed E-state index contributed by atoms with van der Waals surface area (Å²) in [4.78, 5) is 23.3. The standard InChI is InChI=1S/C15H20N2O3/c1-2-20-13-8-6-12(7-9-13)17-15(19)14(18)16-10-11-4-3-5-11/h6-9,11H,2-5,10H2,1H3,(H,16,18)(H,17,19). The molecule has 0 bridgehead atoms. The molecule has 0 aromatic heterocycles. The van der Waals surface area contributed by atoms with Crippen LogP contribution >= 0.6 is 0 Å². The van der Waals surface area contributed by atoms with Crippen LogP contribution < -0.4 is 15.4 Å². The van der Waals surface area contributed by atoms with Gasteiger partial charge in [0, 0.05) is 12.2 Å². The second-order valence-corrected chi connectivity index (χ2v) is 4.92. The Labute approximate surface area is 118 Å². The van der Waals surface area contributed by atoms with Gasteiger partial charge in [0.15, 0.2) is 0 Å². The molecule has 1 aliphatic carbocycles. The first kappa shape index (κ1) is 14.4. The summed E-state index contributed by atoms with van der Waals surface area (Å²) in [7, 11) is 0. The van der Waals surface area contributed by atoms with E-state index in [0.29, 0.717) is 24.8 Å². The van der Waals surface area contributed by atoms with E-state index in [4.69, 9.17) is 4.74 Å². The Kier molecular flexibility index (Phi) is 4.98. The van der Waals surface area contributed by atoms with Crippen LogP contribution in [0.25, 0.3) is 0 Å². The zero-order chi connectivity index (χ0) is 14.4.